The lowest BCUT2D eigenvalue weighted by Gasteiger charge is -2.29. The molecule has 0 saturated heterocycles. The van der Waals surface area contributed by atoms with Crippen molar-refractivity contribution < 1.29 is 4.42 Å². The van der Waals surface area contributed by atoms with E-state index in [1.165, 1.54) is 31.3 Å². The molecule has 0 bridgehead atoms. The highest BCUT2D eigenvalue weighted by Gasteiger charge is 2.22. The van der Waals surface area contributed by atoms with Crippen LogP contribution >= 0.6 is 11.3 Å². The van der Waals surface area contributed by atoms with E-state index in [1.54, 1.807) is 0 Å². The highest BCUT2D eigenvalue weighted by Crippen LogP contribution is 2.47. The van der Waals surface area contributed by atoms with Gasteiger partial charge in [0.25, 0.3) is 0 Å². The van der Waals surface area contributed by atoms with Crippen LogP contribution in [-0.2, 0) is 0 Å². The third-order valence-electron chi connectivity index (χ3n) is 10.7. The Labute approximate surface area is 322 Å². The minimum atomic E-state index is 0.623. The van der Waals surface area contributed by atoms with Crippen molar-refractivity contribution in [3.05, 3.63) is 194 Å². The van der Waals surface area contributed by atoms with Gasteiger partial charge in [0.1, 0.15) is 5.52 Å². The Bertz CT molecular complexity index is 3190. The van der Waals surface area contributed by atoms with Gasteiger partial charge in [0.2, 0.25) is 5.89 Å². The third-order valence-corrected chi connectivity index (χ3v) is 11.8. The molecule has 0 N–H and O–H groups in total. The van der Waals surface area contributed by atoms with Gasteiger partial charge < -0.3 is 9.32 Å². The second-order valence-electron chi connectivity index (χ2n) is 13.9. The minimum Gasteiger partial charge on any atom is -0.435 e. The summed E-state index contributed by atoms with van der Waals surface area (Å²) in [5.41, 5.74) is 10.5. The number of oxazole rings is 1. The molecule has 0 aliphatic heterocycles. The lowest BCUT2D eigenvalue weighted by molar-refractivity contribution is 0.623. The lowest BCUT2D eigenvalue weighted by Crippen LogP contribution is -2.11. The van der Waals surface area contributed by atoms with Gasteiger partial charge in [-0.25, -0.2) is 4.98 Å². The number of fused-ring (bicyclic) bond motifs is 8. The van der Waals surface area contributed by atoms with Crippen LogP contribution in [0.3, 0.4) is 0 Å². The Hall–Kier alpha value is -7.01. The van der Waals surface area contributed by atoms with Crippen LogP contribution in [0.1, 0.15) is 0 Å². The number of anilines is 3. The molecule has 2 aromatic heterocycles. The Morgan fingerprint density at radius 1 is 0.436 bits per heavy atom. The van der Waals surface area contributed by atoms with Gasteiger partial charge in [0.05, 0.1) is 5.69 Å². The molecule has 3 nitrogen and oxygen atoms in total. The Morgan fingerprint density at radius 2 is 1.05 bits per heavy atom. The van der Waals surface area contributed by atoms with E-state index in [4.69, 9.17) is 9.40 Å². The van der Waals surface area contributed by atoms with Crippen LogP contribution in [0.15, 0.2) is 199 Å². The molecule has 9 aromatic carbocycles. The first-order valence-corrected chi connectivity index (χ1v) is 19.3. The fraction of sp³-hybridized carbons (Fsp3) is 0. The maximum atomic E-state index is 6.67. The zero-order chi connectivity index (χ0) is 36.3. The number of hydrogen-bond donors (Lipinski definition) is 0. The van der Waals surface area contributed by atoms with Crippen LogP contribution in [0.4, 0.5) is 17.1 Å². The summed E-state index contributed by atoms with van der Waals surface area (Å²) in [6.07, 6.45) is 0. The van der Waals surface area contributed by atoms with Crippen molar-refractivity contribution in [1.29, 1.82) is 0 Å². The summed E-state index contributed by atoms with van der Waals surface area (Å²) >= 11 is 1.84. The largest absolute Gasteiger partial charge is 0.435 e. The molecule has 0 radical (unpaired) electrons. The summed E-state index contributed by atoms with van der Waals surface area (Å²) in [7, 11) is 0. The maximum absolute atomic E-state index is 6.67. The summed E-state index contributed by atoms with van der Waals surface area (Å²) in [5, 5.41) is 6.99. The number of thiophene rings is 1. The third kappa shape index (κ3) is 5.38. The monoisotopic (exact) mass is 720 g/mol. The fourth-order valence-corrected chi connectivity index (χ4v) is 9.15. The SMILES string of the molecule is c1ccc(-c2ccc(N(c3ccc4c(c3)sc3ccccc34)c3cc4c(ccc5ccc6nc(-c7ccccc7)oc6c54)cc3-c3ccccc3)cc2)cc1. The maximum Gasteiger partial charge on any atom is 0.227 e. The molecule has 0 unspecified atom stereocenters. The molecule has 0 fully saturated rings. The van der Waals surface area contributed by atoms with Crippen LogP contribution in [0.25, 0.3) is 86.5 Å². The van der Waals surface area contributed by atoms with E-state index in [9.17, 15) is 0 Å². The second-order valence-corrected chi connectivity index (χ2v) is 15.0. The number of hydrogen-bond acceptors (Lipinski definition) is 4. The topological polar surface area (TPSA) is 29.3 Å². The molecule has 0 spiro atoms. The van der Waals surface area contributed by atoms with Gasteiger partial charge in [-0.05, 0) is 93.5 Å². The van der Waals surface area contributed by atoms with Crippen LogP contribution in [-0.4, -0.2) is 4.98 Å². The van der Waals surface area contributed by atoms with Gasteiger partial charge in [0.15, 0.2) is 5.58 Å². The van der Waals surface area contributed by atoms with Crippen molar-refractivity contribution in [1.82, 2.24) is 4.98 Å². The average molecular weight is 721 g/mol. The molecule has 258 valence electrons. The fourth-order valence-electron chi connectivity index (χ4n) is 8.02. The summed E-state index contributed by atoms with van der Waals surface area (Å²) in [5.74, 6) is 0.623. The Morgan fingerprint density at radius 3 is 1.84 bits per heavy atom. The molecule has 0 atom stereocenters. The molecule has 2 heterocycles. The van der Waals surface area contributed by atoms with E-state index < -0.39 is 0 Å². The normalized spacial score (nSPS) is 11.6. The van der Waals surface area contributed by atoms with Crippen molar-refractivity contribution >= 4 is 81.2 Å². The quantitative estimate of drug-likeness (QED) is 0.160. The predicted octanol–water partition coefficient (Wildman–Crippen LogP) is 15.0. The first-order valence-electron chi connectivity index (χ1n) is 18.5. The number of benzene rings is 9. The van der Waals surface area contributed by atoms with Gasteiger partial charge in [-0.15, -0.1) is 11.3 Å². The minimum absolute atomic E-state index is 0.623. The Balaban J connectivity index is 1.20. The number of rotatable bonds is 6. The molecular formula is C51H32N2OS. The first kappa shape index (κ1) is 31.5. The molecule has 11 aromatic rings. The molecular weight excluding hydrogens is 689 g/mol. The van der Waals surface area contributed by atoms with Crippen molar-refractivity contribution in [3.8, 4) is 33.7 Å². The number of aromatic nitrogens is 1. The molecule has 4 heteroatoms. The molecule has 0 aliphatic carbocycles. The van der Waals surface area contributed by atoms with Gasteiger partial charge in [0, 0.05) is 48.1 Å². The van der Waals surface area contributed by atoms with E-state index in [0.717, 1.165) is 66.4 Å². The van der Waals surface area contributed by atoms with Crippen molar-refractivity contribution in [3.63, 3.8) is 0 Å². The van der Waals surface area contributed by atoms with Gasteiger partial charge >= 0.3 is 0 Å². The standard InChI is InChI=1S/C51H32N2OS/c1-4-12-33(13-5-1)34-22-25-39(26-23-34)53(40-27-28-42-41-18-10-11-19-47(41)55-48(42)31-40)46-32-44-38(30-43(46)35-14-6-2-7-15-35)21-20-36-24-29-45-50(49(36)44)54-51(52-45)37-16-8-3-9-17-37/h1-32H. The lowest BCUT2D eigenvalue weighted by atomic mass is 9.94. The average Bonchev–Trinajstić information content (AvgIpc) is 3.86. The summed E-state index contributed by atoms with van der Waals surface area (Å²) < 4.78 is 9.22. The van der Waals surface area contributed by atoms with Crippen LogP contribution in [0.2, 0.25) is 0 Å². The summed E-state index contributed by atoms with van der Waals surface area (Å²) in [6.45, 7) is 0. The molecule has 55 heavy (non-hydrogen) atoms. The van der Waals surface area contributed by atoms with Crippen molar-refractivity contribution in [2.24, 2.45) is 0 Å². The van der Waals surface area contributed by atoms with Gasteiger partial charge in [-0.2, -0.15) is 0 Å². The molecule has 0 aliphatic rings. The highest BCUT2D eigenvalue weighted by molar-refractivity contribution is 7.25. The second kappa shape index (κ2) is 12.8. The zero-order valence-electron chi connectivity index (χ0n) is 29.7. The number of nitrogens with zero attached hydrogens (tertiary/aromatic N) is 2. The van der Waals surface area contributed by atoms with Crippen LogP contribution < -0.4 is 4.90 Å². The zero-order valence-corrected chi connectivity index (χ0v) is 30.5. The summed E-state index contributed by atoms with van der Waals surface area (Å²) in [6, 6.07) is 69.4. The van der Waals surface area contributed by atoms with E-state index >= 15 is 0 Å². The van der Waals surface area contributed by atoms with Gasteiger partial charge in [-0.3, -0.25) is 0 Å². The Kier molecular flexibility index (Phi) is 7.35. The smallest absolute Gasteiger partial charge is 0.227 e. The molecule has 0 saturated carbocycles. The van der Waals surface area contributed by atoms with Crippen molar-refractivity contribution in [2.75, 3.05) is 4.90 Å². The predicted molar refractivity (Wildman–Crippen MR) is 233 cm³/mol. The molecule has 11 rings (SSSR count). The molecule has 0 amide bonds. The van der Waals surface area contributed by atoms with E-state index in [-0.39, 0.29) is 0 Å². The van der Waals surface area contributed by atoms with Crippen molar-refractivity contribution in [2.45, 2.75) is 0 Å². The highest BCUT2D eigenvalue weighted by atomic mass is 32.1. The van der Waals surface area contributed by atoms with E-state index in [1.807, 2.05) is 41.7 Å². The van der Waals surface area contributed by atoms with Gasteiger partial charge in [-0.1, -0.05) is 133 Å². The van der Waals surface area contributed by atoms with E-state index in [2.05, 4.69) is 169 Å². The summed E-state index contributed by atoms with van der Waals surface area (Å²) in [4.78, 5) is 7.39. The van der Waals surface area contributed by atoms with Crippen LogP contribution in [0, 0.1) is 0 Å². The van der Waals surface area contributed by atoms with E-state index in [0.29, 0.717) is 5.89 Å². The first-order chi connectivity index (χ1) is 27.2. The van der Waals surface area contributed by atoms with Crippen LogP contribution in [0.5, 0.6) is 0 Å².